The zero-order valence-corrected chi connectivity index (χ0v) is 17.4. The van der Waals surface area contributed by atoms with Crippen molar-refractivity contribution in [2.75, 3.05) is 25.0 Å². The van der Waals surface area contributed by atoms with E-state index in [1.165, 1.54) is 11.1 Å². The molecule has 2 aromatic rings. The number of hydrogen-bond acceptors (Lipinski definition) is 5. The van der Waals surface area contributed by atoms with Gasteiger partial charge in [-0.15, -0.1) is 0 Å². The largest absolute Gasteiger partial charge is 0.475 e. The summed E-state index contributed by atoms with van der Waals surface area (Å²) in [5, 5.41) is 16.1. The molecular weight excluding hydrogens is 394 g/mol. The molecule has 162 valence electrons. The molecule has 1 atom stereocenters. The highest BCUT2D eigenvalue weighted by Crippen LogP contribution is 2.43. The molecule has 0 aromatic heterocycles. The standard InChI is InChI=1S/C24H27N3O4/c28-19(15-27-11-8-16-4-1-2-5-18(16)14-27)13-25-22(29)17-6-7-21-20(12-17)26-23(30)24(31-21)9-3-10-24/h1-2,4-7,12,19,28H,3,8-11,13-15H2,(H,25,29)(H,26,30). The zero-order valence-electron chi connectivity index (χ0n) is 17.4. The Bertz CT molecular complexity index is 1020. The third-order valence-corrected chi connectivity index (χ3v) is 6.55. The van der Waals surface area contributed by atoms with Crippen molar-refractivity contribution in [1.82, 2.24) is 10.2 Å². The number of carbonyl (C=O) groups excluding carboxylic acids is 2. The van der Waals surface area contributed by atoms with E-state index in [0.29, 0.717) is 23.5 Å². The molecule has 1 unspecified atom stereocenters. The predicted octanol–water partition coefficient (Wildman–Crippen LogP) is 2.09. The fourth-order valence-electron chi connectivity index (χ4n) is 4.56. The third-order valence-electron chi connectivity index (χ3n) is 6.55. The van der Waals surface area contributed by atoms with Gasteiger partial charge in [-0.05, 0) is 55.0 Å². The maximum Gasteiger partial charge on any atom is 0.268 e. The molecule has 2 heterocycles. The Labute approximate surface area is 181 Å². The average molecular weight is 421 g/mol. The minimum absolute atomic E-state index is 0.137. The van der Waals surface area contributed by atoms with E-state index in [-0.39, 0.29) is 18.4 Å². The summed E-state index contributed by atoms with van der Waals surface area (Å²) in [6.45, 7) is 2.38. The predicted molar refractivity (Wildman–Crippen MR) is 116 cm³/mol. The summed E-state index contributed by atoms with van der Waals surface area (Å²) in [5.74, 6) is 0.174. The van der Waals surface area contributed by atoms with E-state index in [1.807, 2.05) is 6.07 Å². The highest BCUT2D eigenvalue weighted by Gasteiger charge is 2.49. The molecule has 0 radical (unpaired) electrons. The molecule has 3 N–H and O–H groups in total. The molecule has 31 heavy (non-hydrogen) atoms. The van der Waals surface area contributed by atoms with Gasteiger partial charge in [-0.25, -0.2) is 0 Å². The van der Waals surface area contributed by atoms with Crippen LogP contribution in [0.4, 0.5) is 5.69 Å². The highest BCUT2D eigenvalue weighted by atomic mass is 16.5. The van der Waals surface area contributed by atoms with E-state index in [2.05, 4.69) is 33.7 Å². The maximum absolute atomic E-state index is 12.6. The molecule has 3 aliphatic rings. The van der Waals surface area contributed by atoms with Gasteiger partial charge in [0.15, 0.2) is 5.60 Å². The first-order chi connectivity index (χ1) is 15.0. The molecule has 0 bridgehead atoms. The molecule has 1 saturated carbocycles. The summed E-state index contributed by atoms with van der Waals surface area (Å²) < 4.78 is 5.92. The number of hydrogen-bond donors (Lipinski definition) is 3. The van der Waals surface area contributed by atoms with Crippen LogP contribution in [0.5, 0.6) is 5.75 Å². The van der Waals surface area contributed by atoms with Crippen LogP contribution in [0.25, 0.3) is 0 Å². The van der Waals surface area contributed by atoms with Gasteiger partial charge in [-0.1, -0.05) is 24.3 Å². The highest BCUT2D eigenvalue weighted by molar-refractivity contribution is 6.03. The number of amides is 2. The van der Waals surface area contributed by atoms with E-state index in [9.17, 15) is 14.7 Å². The molecule has 7 nitrogen and oxygen atoms in total. The molecule has 7 heteroatoms. The van der Waals surface area contributed by atoms with Gasteiger partial charge in [-0.3, -0.25) is 14.5 Å². The molecular formula is C24H27N3O4. The summed E-state index contributed by atoms with van der Waals surface area (Å²) >= 11 is 0. The van der Waals surface area contributed by atoms with E-state index in [0.717, 1.165) is 38.8 Å². The number of fused-ring (bicyclic) bond motifs is 2. The molecule has 1 fully saturated rings. The Morgan fingerprint density at radius 2 is 2.03 bits per heavy atom. The Morgan fingerprint density at radius 1 is 1.23 bits per heavy atom. The van der Waals surface area contributed by atoms with E-state index in [1.54, 1.807) is 18.2 Å². The van der Waals surface area contributed by atoms with Crippen molar-refractivity contribution < 1.29 is 19.4 Å². The lowest BCUT2D eigenvalue weighted by Gasteiger charge is -2.43. The lowest BCUT2D eigenvalue weighted by molar-refractivity contribution is -0.139. The van der Waals surface area contributed by atoms with Gasteiger partial charge in [0.1, 0.15) is 5.75 Å². The Morgan fingerprint density at radius 3 is 2.81 bits per heavy atom. The van der Waals surface area contributed by atoms with Crippen molar-refractivity contribution in [2.45, 2.75) is 43.9 Å². The van der Waals surface area contributed by atoms with Crippen molar-refractivity contribution >= 4 is 17.5 Å². The molecule has 5 rings (SSSR count). The van der Waals surface area contributed by atoms with E-state index in [4.69, 9.17) is 4.74 Å². The Balaban J connectivity index is 1.15. The summed E-state index contributed by atoms with van der Waals surface area (Å²) in [6, 6.07) is 13.4. The number of aliphatic hydroxyl groups is 1. The van der Waals surface area contributed by atoms with E-state index >= 15 is 0 Å². The number of nitrogens with one attached hydrogen (secondary N) is 2. The molecule has 1 spiro atoms. The van der Waals surface area contributed by atoms with E-state index < -0.39 is 11.7 Å². The fraction of sp³-hybridized carbons (Fsp3) is 0.417. The lowest BCUT2D eigenvalue weighted by atomic mass is 9.78. The zero-order chi connectivity index (χ0) is 21.4. The van der Waals surface area contributed by atoms with Crippen molar-refractivity contribution in [2.24, 2.45) is 0 Å². The molecule has 1 aliphatic carbocycles. The second kappa shape index (κ2) is 7.98. The lowest BCUT2D eigenvalue weighted by Crippen LogP contribution is -2.55. The summed E-state index contributed by atoms with van der Waals surface area (Å²) in [5.41, 5.74) is 2.88. The second-order valence-electron chi connectivity index (χ2n) is 8.73. The number of carbonyl (C=O) groups is 2. The number of ether oxygens (including phenoxy) is 1. The first kappa shape index (κ1) is 20.0. The van der Waals surface area contributed by atoms with Gasteiger partial charge < -0.3 is 20.5 Å². The molecule has 2 aromatic carbocycles. The maximum atomic E-state index is 12.6. The summed E-state index contributed by atoms with van der Waals surface area (Å²) in [4.78, 5) is 27.1. The number of benzene rings is 2. The van der Waals surface area contributed by atoms with Crippen LogP contribution in [0.1, 0.15) is 40.7 Å². The van der Waals surface area contributed by atoms with Gasteiger partial charge in [0, 0.05) is 31.7 Å². The summed E-state index contributed by atoms with van der Waals surface area (Å²) in [6.07, 6.45) is 2.74. The van der Waals surface area contributed by atoms with Crippen LogP contribution in [-0.4, -0.2) is 53.2 Å². The van der Waals surface area contributed by atoms with Crippen LogP contribution in [0.3, 0.4) is 0 Å². The van der Waals surface area contributed by atoms with Crippen molar-refractivity contribution in [3.05, 3.63) is 59.2 Å². The van der Waals surface area contributed by atoms with Crippen LogP contribution < -0.4 is 15.4 Å². The van der Waals surface area contributed by atoms with Gasteiger partial charge in [0.25, 0.3) is 11.8 Å². The van der Waals surface area contributed by atoms with Crippen LogP contribution >= 0.6 is 0 Å². The van der Waals surface area contributed by atoms with Crippen LogP contribution in [0, 0.1) is 0 Å². The number of anilines is 1. The van der Waals surface area contributed by atoms with Crippen LogP contribution in [0.2, 0.25) is 0 Å². The Kier molecular flexibility index (Phi) is 5.16. The SMILES string of the molecule is O=C(NCC(O)CN1CCc2ccccc2C1)c1ccc2c(c1)NC(=O)C1(CCC1)O2. The van der Waals surface area contributed by atoms with Gasteiger partial charge in [0.05, 0.1) is 11.8 Å². The molecule has 2 aliphatic heterocycles. The minimum atomic E-state index is -0.726. The van der Waals surface area contributed by atoms with Gasteiger partial charge >= 0.3 is 0 Å². The first-order valence-corrected chi connectivity index (χ1v) is 10.9. The molecule has 2 amide bonds. The second-order valence-corrected chi connectivity index (χ2v) is 8.73. The third kappa shape index (κ3) is 3.91. The van der Waals surface area contributed by atoms with Gasteiger partial charge in [0.2, 0.25) is 0 Å². The van der Waals surface area contributed by atoms with Gasteiger partial charge in [-0.2, -0.15) is 0 Å². The monoisotopic (exact) mass is 421 g/mol. The normalized spacial score (nSPS) is 20.0. The van der Waals surface area contributed by atoms with Crippen molar-refractivity contribution in [3.63, 3.8) is 0 Å². The minimum Gasteiger partial charge on any atom is -0.475 e. The summed E-state index contributed by atoms with van der Waals surface area (Å²) in [7, 11) is 0. The Hall–Kier alpha value is -2.90. The van der Waals surface area contributed by atoms with Crippen LogP contribution in [-0.2, 0) is 17.8 Å². The number of rotatable bonds is 5. The number of nitrogens with zero attached hydrogens (tertiary/aromatic N) is 1. The fourth-order valence-corrected chi connectivity index (χ4v) is 4.56. The number of β-amino-alcohol motifs (C(OH)–C–C–N with tert-alkyl or cyclic N) is 1. The quantitative estimate of drug-likeness (QED) is 0.688. The average Bonchev–Trinajstić information content (AvgIpc) is 2.75. The number of aliphatic hydroxyl groups excluding tert-OH is 1. The smallest absolute Gasteiger partial charge is 0.268 e. The topological polar surface area (TPSA) is 90.9 Å². The van der Waals surface area contributed by atoms with Crippen molar-refractivity contribution in [1.29, 1.82) is 0 Å². The van der Waals surface area contributed by atoms with Crippen molar-refractivity contribution in [3.8, 4) is 5.75 Å². The van der Waals surface area contributed by atoms with Crippen LogP contribution in [0.15, 0.2) is 42.5 Å². The first-order valence-electron chi connectivity index (χ1n) is 10.9. The molecule has 0 saturated heterocycles.